The molecule has 2 aromatic rings. The molecule has 2 fully saturated rings. The summed E-state index contributed by atoms with van der Waals surface area (Å²) >= 11 is 0. The molecule has 1 aromatic carbocycles. The Morgan fingerprint density at radius 3 is 2.41 bits per heavy atom. The van der Waals surface area contributed by atoms with E-state index >= 15 is 0 Å². The number of anilines is 3. The second-order valence-electron chi connectivity index (χ2n) is 7.87. The number of carbonyl (C=O) groups excluding carboxylic acids is 1. The van der Waals surface area contributed by atoms with Gasteiger partial charge in [-0.1, -0.05) is 0 Å². The highest BCUT2D eigenvalue weighted by atomic mass is 16.2. The summed E-state index contributed by atoms with van der Waals surface area (Å²) in [6, 6.07) is 8.73. The SMILES string of the molecule is CN(C)C1CCN(c2ccc(NC(=O)N3CCN(c4cnccn4)CC3)cc2)C1. The van der Waals surface area contributed by atoms with Gasteiger partial charge in [0.1, 0.15) is 5.82 Å². The van der Waals surface area contributed by atoms with E-state index in [1.807, 2.05) is 17.0 Å². The van der Waals surface area contributed by atoms with E-state index in [4.69, 9.17) is 0 Å². The Labute approximate surface area is 172 Å². The molecule has 0 aliphatic carbocycles. The lowest BCUT2D eigenvalue weighted by molar-refractivity contribution is 0.208. The standard InChI is InChI=1S/C21H29N7O/c1-25(2)19-7-10-28(16-19)18-5-3-17(4-6-18)24-21(29)27-13-11-26(12-14-27)20-15-22-8-9-23-20/h3-6,8-9,15,19H,7,10-14,16H2,1-2H3,(H,24,29). The molecule has 1 aromatic heterocycles. The third-order valence-electron chi connectivity index (χ3n) is 5.82. The maximum atomic E-state index is 12.6. The van der Waals surface area contributed by atoms with Crippen LogP contribution in [0.5, 0.6) is 0 Å². The average Bonchev–Trinajstić information content (AvgIpc) is 3.26. The van der Waals surface area contributed by atoms with Gasteiger partial charge >= 0.3 is 6.03 Å². The van der Waals surface area contributed by atoms with Crippen LogP contribution < -0.4 is 15.1 Å². The lowest BCUT2D eigenvalue weighted by Gasteiger charge is -2.35. The molecule has 0 spiro atoms. The van der Waals surface area contributed by atoms with Crippen molar-refractivity contribution in [3.63, 3.8) is 0 Å². The van der Waals surface area contributed by atoms with Gasteiger partial charge in [-0.2, -0.15) is 0 Å². The molecule has 1 unspecified atom stereocenters. The molecule has 154 valence electrons. The van der Waals surface area contributed by atoms with Crippen molar-refractivity contribution in [2.24, 2.45) is 0 Å². The van der Waals surface area contributed by atoms with Crippen LogP contribution in [0.25, 0.3) is 0 Å². The number of benzene rings is 1. The minimum absolute atomic E-state index is 0.0506. The first-order valence-electron chi connectivity index (χ1n) is 10.2. The molecule has 4 rings (SSSR count). The summed E-state index contributed by atoms with van der Waals surface area (Å²) in [5.74, 6) is 0.863. The van der Waals surface area contributed by atoms with Crippen LogP contribution in [0.2, 0.25) is 0 Å². The highest BCUT2D eigenvalue weighted by Crippen LogP contribution is 2.24. The highest BCUT2D eigenvalue weighted by molar-refractivity contribution is 5.89. The summed E-state index contributed by atoms with van der Waals surface area (Å²) in [4.78, 5) is 29.8. The molecule has 1 atom stereocenters. The third kappa shape index (κ3) is 4.59. The third-order valence-corrected chi connectivity index (χ3v) is 5.82. The fourth-order valence-corrected chi connectivity index (χ4v) is 3.95. The number of urea groups is 1. The van der Waals surface area contributed by atoms with Crippen molar-refractivity contribution >= 4 is 23.2 Å². The summed E-state index contributed by atoms with van der Waals surface area (Å²) in [5.41, 5.74) is 2.04. The van der Waals surface area contributed by atoms with E-state index < -0.39 is 0 Å². The quantitative estimate of drug-likeness (QED) is 0.854. The normalized spacial score (nSPS) is 19.7. The Balaban J connectivity index is 1.28. The molecule has 8 heteroatoms. The summed E-state index contributed by atoms with van der Waals surface area (Å²) in [5, 5.41) is 3.02. The van der Waals surface area contributed by atoms with Gasteiger partial charge in [0, 0.05) is 69.1 Å². The van der Waals surface area contributed by atoms with Crippen molar-refractivity contribution in [1.29, 1.82) is 0 Å². The van der Waals surface area contributed by atoms with E-state index in [-0.39, 0.29) is 6.03 Å². The fraction of sp³-hybridized carbons (Fsp3) is 0.476. The van der Waals surface area contributed by atoms with Gasteiger partial charge in [0.25, 0.3) is 0 Å². The van der Waals surface area contributed by atoms with E-state index in [9.17, 15) is 4.79 Å². The molecule has 2 saturated heterocycles. The van der Waals surface area contributed by atoms with Crippen molar-refractivity contribution in [2.45, 2.75) is 12.5 Å². The van der Waals surface area contributed by atoms with Crippen LogP contribution in [0, 0.1) is 0 Å². The smallest absolute Gasteiger partial charge is 0.321 e. The minimum Gasteiger partial charge on any atom is -0.370 e. The predicted octanol–water partition coefficient (Wildman–Crippen LogP) is 1.97. The van der Waals surface area contributed by atoms with Crippen LogP contribution in [-0.4, -0.2) is 85.2 Å². The van der Waals surface area contributed by atoms with Gasteiger partial charge in [0.2, 0.25) is 0 Å². The number of piperazine rings is 1. The van der Waals surface area contributed by atoms with Gasteiger partial charge in [0.05, 0.1) is 6.20 Å². The van der Waals surface area contributed by atoms with Crippen LogP contribution in [0.4, 0.5) is 22.0 Å². The number of aromatic nitrogens is 2. The number of hydrogen-bond acceptors (Lipinski definition) is 6. The second kappa shape index (κ2) is 8.65. The van der Waals surface area contributed by atoms with Crippen molar-refractivity contribution < 1.29 is 4.79 Å². The van der Waals surface area contributed by atoms with Gasteiger partial charge in [-0.25, -0.2) is 9.78 Å². The number of hydrogen-bond donors (Lipinski definition) is 1. The summed E-state index contributed by atoms with van der Waals surface area (Å²) in [6.45, 7) is 4.97. The highest BCUT2D eigenvalue weighted by Gasteiger charge is 2.24. The number of amides is 2. The Kier molecular flexibility index (Phi) is 5.80. The molecule has 0 radical (unpaired) electrons. The minimum atomic E-state index is -0.0506. The molecule has 2 aliphatic heterocycles. The number of nitrogens with one attached hydrogen (secondary N) is 1. The lowest BCUT2D eigenvalue weighted by Crippen LogP contribution is -2.50. The Morgan fingerprint density at radius 1 is 1.03 bits per heavy atom. The number of rotatable bonds is 4. The summed E-state index contributed by atoms with van der Waals surface area (Å²) < 4.78 is 0. The van der Waals surface area contributed by atoms with Crippen LogP contribution in [0.3, 0.4) is 0 Å². The molecule has 1 N–H and O–H groups in total. The van der Waals surface area contributed by atoms with Crippen molar-refractivity contribution in [3.8, 4) is 0 Å². The molecular weight excluding hydrogens is 366 g/mol. The van der Waals surface area contributed by atoms with E-state index in [0.717, 1.165) is 37.7 Å². The Hall–Kier alpha value is -2.87. The molecule has 3 heterocycles. The van der Waals surface area contributed by atoms with Gasteiger partial charge in [-0.15, -0.1) is 0 Å². The van der Waals surface area contributed by atoms with Crippen LogP contribution in [0.1, 0.15) is 6.42 Å². The van der Waals surface area contributed by atoms with Crippen molar-refractivity contribution in [3.05, 3.63) is 42.9 Å². The number of nitrogens with zero attached hydrogens (tertiary/aromatic N) is 6. The van der Waals surface area contributed by atoms with Gasteiger partial charge < -0.3 is 24.9 Å². The maximum Gasteiger partial charge on any atom is 0.321 e. The predicted molar refractivity (Wildman–Crippen MR) is 116 cm³/mol. The lowest BCUT2D eigenvalue weighted by atomic mass is 10.2. The monoisotopic (exact) mass is 395 g/mol. The molecule has 8 nitrogen and oxygen atoms in total. The Morgan fingerprint density at radius 2 is 1.79 bits per heavy atom. The first-order chi connectivity index (χ1) is 14.1. The molecule has 0 bridgehead atoms. The molecule has 2 amide bonds. The molecule has 29 heavy (non-hydrogen) atoms. The van der Waals surface area contributed by atoms with Crippen molar-refractivity contribution in [1.82, 2.24) is 19.8 Å². The van der Waals surface area contributed by atoms with E-state index in [1.54, 1.807) is 18.6 Å². The van der Waals surface area contributed by atoms with Crippen molar-refractivity contribution in [2.75, 3.05) is 68.5 Å². The van der Waals surface area contributed by atoms with Gasteiger partial charge in [0.15, 0.2) is 0 Å². The molecular formula is C21H29N7O. The topological polar surface area (TPSA) is 67.8 Å². The maximum absolute atomic E-state index is 12.6. The second-order valence-corrected chi connectivity index (χ2v) is 7.87. The van der Waals surface area contributed by atoms with Gasteiger partial charge in [-0.05, 0) is 44.8 Å². The number of carbonyl (C=O) groups is 1. The van der Waals surface area contributed by atoms with Crippen LogP contribution in [0.15, 0.2) is 42.9 Å². The summed E-state index contributed by atoms with van der Waals surface area (Å²) in [6.07, 6.45) is 6.31. The number of likely N-dealkylation sites (N-methyl/N-ethyl adjacent to an activating group) is 1. The van der Waals surface area contributed by atoms with E-state index in [0.29, 0.717) is 19.1 Å². The van der Waals surface area contributed by atoms with Gasteiger partial charge in [-0.3, -0.25) is 4.98 Å². The first-order valence-corrected chi connectivity index (χ1v) is 10.2. The largest absolute Gasteiger partial charge is 0.370 e. The van der Waals surface area contributed by atoms with E-state index in [1.165, 1.54) is 12.1 Å². The first kappa shape index (κ1) is 19.4. The molecule has 0 saturated carbocycles. The zero-order valence-electron chi connectivity index (χ0n) is 17.2. The van der Waals surface area contributed by atoms with Crippen LogP contribution in [-0.2, 0) is 0 Å². The fourth-order valence-electron chi connectivity index (χ4n) is 3.95. The summed E-state index contributed by atoms with van der Waals surface area (Å²) in [7, 11) is 4.28. The van der Waals surface area contributed by atoms with E-state index in [2.05, 4.69) is 56.2 Å². The van der Waals surface area contributed by atoms with Crippen LogP contribution >= 0.6 is 0 Å². The zero-order chi connectivity index (χ0) is 20.2. The Bertz CT molecular complexity index is 804. The average molecular weight is 396 g/mol. The molecule has 2 aliphatic rings. The zero-order valence-corrected chi connectivity index (χ0v) is 17.2.